The van der Waals surface area contributed by atoms with Gasteiger partial charge in [-0.1, -0.05) is 0 Å². The first-order valence-electron chi connectivity index (χ1n) is 12.7. The Balaban J connectivity index is 1.61. The van der Waals surface area contributed by atoms with Gasteiger partial charge in [-0.2, -0.15) is 0 Å². The number of amides is 1. The van der Waals surface area contributed by atoms with Crippen molar-refractivity contribution >= 4 is 28.9 Å². The maximum absolute atomic E-state index is 15.4. The number of ether oxygens (including phenoxy) is 2. The van der Waals surface area contributed by atoms with Gasteiger partial charge in [0.15, 0.2) is 0 Å². The predicted molar refractivity (Wildman–Crippen MR) is 137 cm³/mol. The first kappa shape index (κ1) is 25.0. The van der Waals surface area contributed by atoms with E-state index in [1.54, 1.807) is 39.8 Å². The number of carbonyl (C=O) groups is 2. The molecule has 0 bridgehead atoms. The Morgan fingerprint density at radius 2 is 1.95 bits per heavy atom. The molecule has 2 aliphatic carbocycles. The maximum atomic E-state index is 15.4. The second-order valence-corrected chi connectivity index (χ2v) is 10.8. The molecule has 9 nitrogen and oxygen atoms in total. The van der Waals surface area contributed by atoms with E-state index in [0.29, 0.717) is 47.1 Å². The molecule has 0 atom stereocenters. The summed E-state index contributed by atoms with van der Waals surface area (Å²) >= 11 is 0. The molecule has 1 amide bonds. The van der Waals surface area contributed by atoms with Crippen LogP contribution < -0.4 is 10.6 Å². The van der Waals surface area contributed by atoms with Gasteiger partial charge in [-0.15, -0.1) is 0 Å². The smallest absolute Gasteiger partial charge is 0.408 e. The first-order chi connectivity index (χ1) is 17.5. The third-order valence-corrected chi connectivity index (χ3v) is 6.43. The second-order valence-electron chi connectivity index (χ2n) is 10.8. The highest BCUT2D eigenvalue weighted by atomic mass is 19.1. The normalized spacial score (nSPS) is 16.4. The summed E-state index contributed by atoms with van der Waals surface area (Å²) in [4.78, 5) is 38.2. The minimum absolute atomic E-state index is 0.175. The fraction of sp³-hybridized carbons (Fsp3) is 0.481. The number of hydrogen-bond acceptors (Lipinski definition) is 7. The number of rotatable bonds is 7. The van der Waals surface area contributed by atoms with Crippen molar-refractivity contribution in [3.8, 4) is 11.3 Å². The van der Waals surface area contributed by atoms with Crippen LogP contribution in [0.2, 0.25) is 0 Å². The molecule has 0 radical (unpaired) electrons. The van der Waals surface area contributed by atoms with Crippen molar-refractivity contribution in [3.63, 3.8) is 0 Å². The maximum Gasteiger partial charge on any atom is 0.408 e. The highest BCUT2D eigenvalue weighted by Gasteiger charge is 2.50. The van der Waals surface area contributed by atoms with E-state index in [4.69, 9.17) is 14.5 Å². The Labute approximate surface area is 214 Å². The molecule has 3 aromatic rings. The van der Waals surface area contributed by atoms with Crippen LogP contribution in [0.4, 0.5) is 15.0 Å². The van der Waals surface area contributed by atoms with Gasteiger partial charge in [0.25, 0.3) is 0 Å². The van der Waals surface area contributed by atoms with Gasteiger partial charge in [0.1, 0.15) is 22.8 Å². The third kappa shape index (κ3) is 5.10. The van der Waals surface area contributed by atoms with E-state index < -0.39 is 29.0 Å². The lowest BCUT2D eigenvalue weighted by Gasteiger charge is -2.23. The summed E-state index contributed by atoms with van der Waals surface area (Å²) in [5, 5.41) is 6.27. The number of hydrogen-bond donors (Lipinski definition) is 3. The topological polar surface area (TPSA) is 118 Å². The van der Waals surface area contributed by atoms with Gasteiger partial charge in [0.2, 0.25) is 0 Å². The van der Waals surface area contributed by atoms with Crippen LogP contribution in [0.15, 0.2) is 18.2 Å². The number of anilines is 1. The molecule has 2 fully saturated rings. The number of nitrogens with one attached hydrogen (secondary N) is 3. The van der Waals surface area contributed by atoms with Crippen molar-refractivity contribution in [2.45, 2.75) is 77.5 Å². The lowest BCUT2D eigenvalue weighted by molar-refractivity contribution is 0.0478. The summed E-state index contributed by atoms with van der Waals surface area (Å²) in [6.45, 7) is 9.09. The summed E-state index contributed by atoms with van der Waals surface area (Å²) in [5.74, 6) is -0.448. The Kier molecular flexibility index (Phi) is 6.08. The van der Waals surface area contributed by atoms with E-state index in [-0.39, 0.29) is 17.7 Å². The van der Waals surface area contributed by atoms with Gasteiger partial charge in [-0.05, 0) is 78.5 Å². The Morgan fingerprint density at radius 3 is 2.57 bits per heavy atom. The van der Waals surface area contributed by atoms with Crippen LogP contribution in [-0.2, 0) is 15.0 Å². The summed E-state index contributed by atoms with van der Waals surface area (Å²) in [5.41, 5.74) is 1.37. The molecule has 2 saturated carbocycles. The number of esters is 1. The summed E-state index contributed by atoms with van der Waals surface area (Å²) in [6.07, 6.45) is 2.70. The zero-order valence-electron chi connectivity index (χ0n) is 21.8. The largest absolute Gasteiger partial charge is 0.462 e. The van der Waals surface area contributed by atoms with Gasteiger partial charge in [0.05, 0.1) is 45.9 Å². The molecule has 0 aliphatic heterocycles. The molecular formula is C27H32FN5O4. The van der Waals surface area contributed by atoms with Crippen molar-refractivity contribution in [2.75, 3.05) is 11.9 Å². The Bertz CT molecular complexity index is 1390. The lowest BCUT2D eigenvalue weighted by atomic mass is 10.1. The van der Waals surface area contributed by atoms with Crippen LogP contribution in [-0.4, -0.2) is 45.3 Å². The quantitative estimate of drug-likeness (QED) is 0.368. The van der Waals surface area contributed by atoms with Crippen LogP contribution >= 0.6 is 0 Å². The molecule has 0 saturated heterocycles. The van der Waals surface area contributed by atoms with E-state index >= 15 is 4.39 Å². The molecule has 0 spiro atoms. The van der Waals surface area contributed by atoms with Crippen molar-refractivity contribution < 1.29 is 23.5 Å². The first-order valence-corrected chi connectivity index (χ1v) is 12.7. The molecule has 3 N–H and O–H groups in total. The number of benzene rings is 1. The molecule has 37 heavy (non-hydrogen) atoms. The predicted octanol–water partition coefficient (Wildman–Crippen LogP) is 5.34. The molecular weight excluding hydrogens is 477 g/mol. The highest BCUT2D eigenvalue weighted by Crippen LogP contribution is 2.48. The van der Waals surface area contributed by atoms with Crippen LogP contribution in [0.3, 0.4) is 0 Å². The van der Waals surface area contributed by atoms with E-state index in [1.807, 2.05) is 6.92 Å². The Morgan fingerprint density at radius 1 is 1.22 bits per heavy atom. The van der Waals surface area contributed by atoms with E-state index in [0.717, 1.165) is 18.5 Å². The summed E-state index contributed by atoms with van der Waals surface area (Å²) in [6, 6.07) is 4.86. The number of fused-ring (bicyclic) bond motifs is 1. The van der Waals surface area contributed by atoms with Crippen LogP contribution in [0, 0.1) is 12.7 Å². The minimum Gasteiger partial charge on any atom is -0.462 e. The number of nitrogens with zero attached hydrogens (tertiary/aromatic N) is 2. The number of alkyl carbamates (subject to hydrolysis) is 1. The molecule has 2 aliphatic rings. The number of aromatic nitrogens is 3. The fourth-order valence-corrected chi connectivity index (χ4v) is 4.40. The molecule has 5 rings (SSSR count). The fourth-order valence-electron chi connectivity index (χ4n) is 4.40. The minimum atomic E-state index is -0.843. The van der Waals surface area contributed by atoms with Gasteiger partial charge in [-0.3, -0.25) is 0 Å². The van der Waals surface area contributed by atoms with Crippen LogP contribution in [0.25, 0.3) is 22.3 Å². The zero-order valence-corrected chi connectivity index (χ0v) is 21.8. The Hall–Kier alpha value is -3.69. The van der Waals surface area contributed by atoms with Crippen molar-refractivity contribution in [3.05, 3.63) is 41.0 Å². The van der Waals surface area contributed by atoms with Gasteiger partial charge in [0, 0.05) is 6.04 Å². The average molecular weight is 510 g/mol. The molecule has 0 unspecified atom stereocenters. The second kappa shape index (κ2) is 9.00. The van der Waals surface area contributed by atoms with Crippen LogP contribution in [0.5, 0.6) is 0 Å². The number of aromatic amines is 1. The van der Waals surface area contributed by atoms with Gasteiger partial charge < -0.3 is 25.1 Å². The molecule has 1 aromatic carbocycles. The standard InChI is InChI=1S/C27H32FN5O4/c1-6-36-24(34)16-13-19(31-22(16)27(11-12-27)33-25(35)37-26(3,4)5)20-17(28)9-10-18-21(20)32-23(14(2)29-18)30-15-7-8-15/h9-10,13,15,31H,6-8,11-12H2,1-5H3,(H,30,32)(H,33,35). The van der Waals surface area contributed by atoms with Crippen LogP contribution in [0.1, 0.15) is 75.1 Å². The van der Waals surface area contributed by atoms with Gasteiger partial charge >= 0.3 is 12.1 Å². The SMILES string of the molecule is CCOC(=O)c1cc(-c2c(F)ccc3nc(C)c(NC4CC4)nc23)[nH]c1C1(NC(=O)OC(C)(C)C)CC1. The number of carbonyl (C=O) groups excluding carboxylic acids is 2. The zero-order chi connectivity index (χ0) is 26.5. The average Bonchev–Trinajstić information content (AvgIpc) is 3.73. The van der Waals surface area contributed by atoms with Crippen molar-refractivity contribution in [1.29, 1.82) is 0 Å². The highest BCUT2D eigenvalue weighted by molar-refractivity contribution is 5.97. The summed E-state index contributed by atoms with van der Waals surface area (Å²) in [7, 11) is 0. The number of aryl methyl sites for hydroxylation is 1. The van der Waals surface area contributed by atoms with E-state index in [9.17, 15) is 9.59 Å². The molecule has 10 heteroatoms. The summed E-state index contributed by atoms with van der Waals surface area (Å²) < 4.78 is 26.1. The number of H-pyrrole nitrogens is 1. The number of halogens is 1. The van der Waals surface area contributed by atoms with E-state index in [2.05, 4.69) is 20.6 Å². The van der Waals surface area contributed by atoms with Crippen molar-refractivity contribution in [1.82, 2.24) is 20.3 Å². The molecule has 196 valence electrons. The van der Waals surface area contributed by atoms with Crippen molar-refractivity contribution in [2.24, 2.45) is 0 Å². The molecule has 2 aromatic heterocycles. The van der Waals surface area contributed by atoms with E-state index in [1.165, 1.54) is 6.07 Å². The molecule has 2 heterocycles. The third-order valence-electron chi connectivity index (χ3n) is 6.43. The van der Waals surface area contributed by atoms with Gasteiger partial charge in [-0.25, -0.2) is 23.9 Å². The lowest BCUT2D eigenvalue weighted by Crippen LogP contribution is -2.40. The monoisotopic (exact) mass is 509 g/mol.